The Hall–Kier alpha value is -1.36. The highest BCUT2D eigenvalue weighted by Gasteiger charge is 2.07. The minimum atomic E-state index is -0.506. The lowest BCUT2D eigenvalue weighted by atomic mass is 10.4. The van der Waals surface area contributed by atoms with Gasteiger partial charge in [0.1, 0.15) is 11.5 Å². The number of nitrogens with zero attached hydrogens (tertiary/aromatic N) is 2. The van der Waals surface area contributed by atoms with Crippen LogP contribution in [0.25, 0.3) is 0 Å². The highest BCUT2D eigenvalue weighted by molar-refractivity contribution is 5.90. The number of carbonyl (C=O) groups excluding carboxylic acids is 1. The highest BCUT2D eigenvalue weighted by Crippen LogP contribution is 2.00. The predicted octanol–water partition coefficient (Wildman–Crippen LogP) is -0.980. The van der Waals surface area contributed by atoms with E-state index in [2.05, 4.69) is 4.98 Å². The molecule has 0 spiro atoms. The average Bonchev–Trinajstić information content (AvgIpc) is 2.34. The van der Waals surface area contributed by atoms with E-state index in [1.807, 2.05) is 7.05 Å². The lowest BCUT2D eigenvalue weighted by molar-refractivity contribution is 0.0996. The first-order valence-corrected chi connectivity index (χ1v) is 3.67. The number of aryl methyl sites for hydroxylation is 1. The molecule has 0 aliphatic carbocycles. The summed E-state index contributed by atoms with van der Waals surface area (Å²) in [5.41, 5.74) is 10.7. The summed E-state index contributed by atoms with van der Waals surface area (Å²) < 4.78 is 1.76. The molecule has 0 aliphatic rings. The Labute approximate surface area is 70.4 Å². The van der Waals surface area contributed by atoms with Gasteiger partial charge in [0.05, 0.1) is 0 Å². The fourth-order valence-electron chi connectivity index (χ4n) is 0.985. The first-order valence-electron chi connectivity index (χ1n) is 3.67. The van der Waals surface area contributed by atoms with Crippen molar-refractivity contribution >= 4 is 5.91 Å². The first-order chi connectivity index (χ1) is 5.65. The van der Waals surface area contributed by atoms with E-state index in [-0.39, 0.29) is 0 Å². The molecule has 0 saturated carbocycles. The molecule has 1 heterocycles. The van der Waals surface area contributed by atoms with Gasteiger partial charge in [-0.1, -0.05) is 0 Å². The molecule has 5 heteroatoms. The van der Waals surface area contributed by atoms with Crippen LogP contribution in [0.4, 0.5) is 0 Å². The summed E-state index contributed by atoms with van der Waals surface area (Å²) >= 11 is 0. The largest absolute Gasteiger partial charge is 0.364 e. The van der Waals surface area contributed by atoms with Gasteiger partial charge >= 0.3 is 0 Å². The molecule has 0 atom stereocenters. The molecule has 12 heavy (non-hydrogen) atoms. The quantitative estimate of drug-likeness (QED) is 0.608. The zero-order valence-electron chi connectivity index (χ0n) is 6.95. The second kappa shape index (κ2) is 3.36. The molecule has 0 aromatic carbocycles. The Morgan fingerprint density at radius 2 is 2.42 bits per heavy atom. The molecular formula is C7H12N4O. The van der Waals surface area contributed by atoms with E-state index in [9.17, 15) is 4.79 Å². The Bertz CT molecular complexity index is 292. The summed E-state index contributed by atoms with van der Waals surface area (Å²) in [4.78, 5) is 14.7. The third kappa shape index (κ3) is 1.62. The summed E-state index contributed by atoms with van der Waals surface area (Å²) in [6, 6.07) is 0. The summed E-state index contributed by atoms with van der Waals surface area (Å²) in [6.45, 7) is 0.517. The van der Waals surface area contributed by atoms with Crippen LogP contribution < -0.4 is 11.5 Å². The predicted molar refractivity (Wildman–Crippen MR) is 44.5 cm³/mol. The van der Waals surface area contributed by atoms with Gasteiger partial charge in [0.2, 0.25) is 0 Å². The van der Waals surface area contributed by atoms with E-state index in [1.165, 1.54) is 0 Å². The SMILES string of the molecule is Cn1cc(C(N)=O)nc1CCN. The number of rotatable bonds is 3. The van der Waals surface area contributed by atoms with E-state index in [0.717, 1.165) is 5.82 Å². The molecule has 1 amide bonds. The molecule has 0 radical (unpaired) electrons. The molecule has 1 rings (SSSR count). The second-order valence-corrected chi connectivity index (χ2v) is 2.56. The van der Waals surface area contributed by atoms with Gasteiger partial charge in [0.25, 0.3) is 5.91 Å². The molecule has 0 unspecified atom stereocenters. The minimum Gasteiger partial charge on any atom is -0.364 e. The van der Waals surface area contributed by atoms with Crippen molar-refractivity contribution in [2.45, 2.75) is 6.42 Å². The Morgan fingerprint density at radius 1 is 1.75 bits per heavy atom. The van der Waals surface area contributed by atoms with Gasteiger partial charge in [-0.05, 0) is 6.54 Å². The third-order valence-corrected chi connectivity index (χ3v) is 1.59. The van der Waals surface area contributed by atoms with Gasteiger partial charge in [0.15, 0.2) is 0 Å². The maximum Gasteiger partial charge on any atom is 0.268 e. The molecule has 5 nitrogen and oxygen atoms in total. The van der Waals surface area contributed by atoms with Crippen molar-refractivity contribution in [1.29, 1.82) is 0 Å². The van der Waals surface area contributed by atoms with Crippen LogP contribution in [-0.2, 0) is 13.5 Å². The third-order valence-electron chi connectivity index (χ3n) is 1.59. The number of aromatic nitrogens is 2. The van der Waals surface area contributed by atoms with Crippen molar-refractivity contribution in [2.24, 2.45) is 18.5 Å². The minimum absolute atomic E-state index is 0.293. The molecule has 1 aromatic rings. The van der Waals surface area contributed by atoms with Crippen molar-refractivity contribution in [2.75, 3.05) is 6.54 Å². The number of hydrogen-bond donors (Lipinski definition) is 2. The highest BCUT2D eigenvalue weighted by atomic mass is 16.1. The van der Waals surface area contributed by atoms with E-state index in [0.29, 0.717) is 18.7 Å². The molecular weight excluding hydrogens is 156 g/mol. The summed E-state index contributed by atoms with van der Waals surface area (Å²) in [5, 5.41) is 0. The number of amides is 1. The summed E-state index contributed by atoms with van der Waals surface area (Å²) in [7, 11) is 1.81. The second-order valence-electron chi connectivity index (χ2n) is 2.56. The van der Waals surface area contributed by atoms with Gasteiger partial charge < -0.3 is 16.0 Å². The zero-order chi connectivity index (χ0) is 9.14. The molecule has 0 aliphatic heterocycles. The van der Waals surface area contributed by atoms with E-state index in [1.54, 1.807) is 10.8 Å². The van der Waals surface area contributed by atoms with Gasteiger partial charge in [-0.25, -0.2) is 4.98 Å². The van der Waals surface area contributed by atoms with Crippen LogP contribution in [-0.4, -0.2) is 22.0 Å². The van der Waals surface area contributed by atoms with Crippen LogP contribution in [0.15, 0.2) is 6.20 Å². The van der Waals surface area contributed by atoms with Crippen LogP contribution in [0.1, 0.15) is 16.3 Å². The normalized spacial score (nSPS) is 10.2. The standard InChI is InChI=1S/C7H12N4O/c1-11-4-5(7(9)12)10-6(11)2-3-8/h4H,2-3,8H2,1H3,(H2,9,12). The molecule has 66 valence electrons. The van der Waals surface area contributed by atoms with Crippen LogP contribution in [0.5, 0.6) is 0 Å². The Kier molecular flexibility index (Phi) is 2.44. The van der Waals surface area contributed by atoms with E-state index in [4.69, 9.17) is 11.5 Å². The van der Waals surface area contributed by atoms with E-state index >= 15 is 0 Å². The van der Waals surface area contributed by atoms with Crippen molar-refractivity contribution in [3.8, 4) is 0 Å². The fraction of sp³-hybridized carbons (Fsp3) is 0.429. The van der Waals surface area contributed by atoms with Crippen molar-refractivity contribution in [3.63, 3.8) is 0 Å². The van der Waals surface area contributed by atoms with Crippen molar-refractivity contribution in [1.82, 2.24) is 9.55 Å². The number of nitrogens with two attached hydrogens (primary N) is 2. The van der Waals surface area contributed by atoms with Crippen LogP contribution in [0, 0.1) is 0 Å². The number of carbonyl (C=O) groups is 1. The topological polar surface area (TPSA) is 86.9 Å². The molecule has 0 saturated heterocycles. The maximum atomic E-state index is 10.7. The van der Waals surface area contributed by atoms with Crippen LogP contribution >= 0.6 is 0 Å². The van der Waals surface area contributed by atoms with Gasteiger partial charge in [-0.2, -0.15) is 0 Å². The lowest BCUT2D eigenvalue weighted by Crippen LogP contribution is -2.11. The summed E-state index contributed by atoms with van der Waals surface area (Å²) in [6.07, 6.45) is 2.26. The van der Waals surface area contributed by atoms with Crippen molar-refractivity contribution < 1.29 is 4.79 Å². The first kappa shape index (κ1) is 8.73. The fourth-order valence-corrected chi connectivity index (χ4v) is 0.985. The van der Waals surface area contributed by atoms with Crippen molar-refractivity contribution in [3.05, 3.63) is 17.7 Å². The Morgan fingerprint density at radius 3 is 2.83 bits per heavy atom. The Balaban J connectivity index is 2.92. The van der Waals surface area contributed by atoms with Gasteiger partial charge in [-0.3, -0.25) is 4.79 Å². The smallest absolute Gasteiger partial charge is 0.268 e. The lowest BCUT2D eigenvalue weighted by Gasteiger charge is -1.95. The van der Waals surface area contributed by atoms with E-state index < -0.39 is 5.91 Å². The number of primary amides is 1. The maximum absolute atomic E-state index is 10.7. The number of hydrogen-bond acceptors (Lipinski definition) is 3. The summed E-state index contributed by atoms with van der Waals surface area (Å²) in [5.74, 6) is 0.278. The van der Waals surface area contributed by atoms with Crippen LogP contribution in [0.3, 0.4) is 0 Å². The molecule has 4 N–H and O–H groups in total. The molecule has 0 bridgehead atoms. The molecule has 0 fully saturated rings. The van der Waals surface area contributed by atoms with Crippen LogP contribution in [0.2, 0.25) is 0 Å². The number of imidazole rings is 1. The zero-order valence-corrected chi connectivity index (χ0v) is 6.95. The van der Waals surface area contributed by atoms with Gasteiger partial charge in [0, 0.05) is 19.7 Å². The molecule has 1 aromatic heterocycles. The monoisotopic (exact) mass is 168 g/mol. The average molecular weight is 168 g/mol. The van der Waals surface area contributed by atoms with Gasteiger partial charge in [-0.15, -0.1) is 0 Å².